The van der Waals surface area contributed by atoms with Gasteiger partial charge in [-0.15, -0.1) is 0 Å². The number of nitrogens with one attached hydrogen (secondary N) is 1. The number of thiazole rings is 1. The maximum absolute atomic E-state index is 13.2. The molecule has 0 aliphatic carbocycles. The highest BCUT2D eigenvalue weighted by Gasteiger charge is 2.24. The zero-order chi connectivity index (χ0) is 23.0. The first-order valence-electron chi connectivity index (χ1n) is 9.21. The number of aliphatic hydroxyl groups excluding tert-OH is 2. The molecule has 1 amide bonds. The first kappa shape index (κ1) is 24.8. The van der Waals surface area contributed by atoms with Crippen molar-refractivity contribution in [3.63, 3.8) is 0 Å². The normalized spacial score (nSPS) is 13.3. The van der Waals surface area contributed by atoms with Crippen molar-refractivity contribution in [2.24, 2.45) is 5.16 Å². The topological polar surface area (TPSA) is 141 Å². The van der Waals surface area contributed by atoms with E-state index in [-0.39, 0.29) is 47.6 Å². The van der Waals surface area contributed by atoms with E-state index in [1.54, 1.807) is 6.92 Å². The van der Waals surface area contributed by atoms with Gasteiger partial charge in [-0.2, -0.15) is 8.70 Å². The molecule has 0 aliphatic rings. The van der Waals surface area contributed by atoms with E-state index in [4.69, 9.17) is 15.1 Å². The Labute approximate surface area is 183 Å². The van der Waals surface area contributed by atoms with Gasteiger partial charge >= 0.3 is 0 Å². The van der Waals surface area contributed by atoms with Crippen LogP contribution in [0.1, 0.15) is 19.4 Å². The molecule has 1 aromatic carbocycles. The van der Waals surface area contributed by atoms with Crippen LogP contribution in [0.25, 0.3) is 0 Å². The predicted octanol–water partition coefficient (Wildman–Crippen LogP) is 1.03. The second-order valence-corrected chi connectivity index (χ2v) is 9.13. The quantitative estimate of drug-likeness (QED) is 0.326. The molecule has 0 radical (unpaired) electrons. The summed E-state index contributed by atoms with van der Waals surface area (Å²) in [5.74, 6) is -0.759. The van der Waals surface area contributed by atoms with Crippen molar-refractivity contribution in [3.05, 3.63) is 41.2 Å². The smallest absolute Gasteiger partial charge is 0.280 e. The second-order valence-electron chi connectivity index (χ2n) is 6.21. The van der Waals surface area contributed by atoms with Crippen molar-refractivity contribution in [1.29, 1.82) is 0 Å². The number of nitrogens with zero attached hydrogens (tertiary/aromatic N) is 3. The maximum atomic E-state index is 13.2. The SMILES string of the molecule is CCN(CCO)S(=O)(=O)c1ccc(/C(=N\O[C@H](C)CO)C(=O)Nc2ncc(F)s2)cc1. The Bertz CT molecular complexity index is 1010. The highest BCUT2D eigenvalue weighted by molar-refractivity contribution is 7.89. The van der Waals surface area contributed by atoms with Gasteiger partial charge in [-0.25, -0.2) is 13.4 Å². The van der Waals surface area contributed by atoms with E-state index in [0.717, 1.165) is 10.5 Å². The molecule has 10 nitrogen and oxygen atoms in total. The Hall–Kier alpha value is -2.45. The van der Waals surface area contributed by atoms with E-state index in [1.807, 2.05) is 0 Å². The fourth-order valence-electron chi connectivity index (χ4n) is 2.36. The highest BCUT2D eigenvalue weighted by Crippen LogP contribution is 2.19. The van der Waals surface area contributed by atoms with Crippen molar-refractivity contribution >= 4 is 38.1 Å². The molecule has 170 valence electrons. The standard InChI is InChI=1S/C18H23FN4O6S2/c1-3-23(8-9-24)31(27,28)14-6-4-13(5-7-14)16(22-29-12(2)11-25)17(26)21-18-20-10-15(19)30-18/h4-7,10,12,24-25H,3,8-9,11H2,1-2H3,(H,20,21,26)/b22-16+/t12-/m1/s1. The number of carbonyl (C=O) groups is 1. The Balaban J connectivity index is 2.34. The van der Waals surface area contributed by atoms with Gasteiger partial charge in [-0.05, 0) is 19.1 Å². The molecular weight excluding hydrogens is 451 g/mol. The van der Waals surface area contributed by atoms with Crippen LogP contribution in [-0.4, -0.2) is 71.9 Å². The van der Waals surface area contributed by atoms with E-state index in [0.29, 0.717) is 11.3 Å². The van der Waals surface area contributed by atoms with Crippen molar-refractivity contribution in [2.75, 3.05) is 31.6 Å². The van der Waals surface area contributed by atoms with Gasteiger partial charge < -0.3 is 15.1 Å². The number of halogens is 1. The van der Waals surface area contributed by atoms with Gasteiger partial charge in [0.2, 0.25) is 10.0 Å². The molecule has 3 N–H and O–H groups in total. The lowest BCUT2D eigenvalue weighted by Crippen LogP contribution is -2.33. The molecule has 0 fully saturated rings. The number of likely N-dealkylation sites (N-methyl/N-ethyl adjacent to an activating group) is 1. The molecular formula is C18H23FN4O6S2. The summed E-state index contributed by atoms with van der Waals surface area (Å²) in [6, 6.07) is 5.33. The third kappa shape index (κ3) is 6.51. The molecule has 0 spiro atoms. The molecule has 31 heavy (non-hydrogen) atoms. The van der Waals surface area contributed by atoms with Gasteiger partial charge in [0.25, 0.3) is 5.91 Å². The van der Waals surface area contributed by atoms with Crippen LogP contribution in [0, 0.1) is 5.13 Å². The number of hydrogen-bond acceptors (Lipinski definition) is 9. The minimum absolute atomic E-state index is 0.00666. The minimum Gasteiger partial charge on any atom is -0.395 e. The number of oxime groups is 1. The molecule has 0 bridgehead atoms. The summed E-state index contributed by atoms with van der Waals surface area (Å²) in [5, 5.41) is 23.8. The van der Waals surface area contributed by atoms with Gasteiger partial charge in [0.1, 0.15) is 6.10 Å². The summed E-state index contributed by atoms with van der Waals surface area (Å²) in [7, 11) is -3.83. The number of hydrogen-bond donors (Lipinski definition) is 3. The summed E-state index contributed by atoms with van der Waals surface area (Å²) in [6.45, 7) is 2.65. The summed E-state index contributed by atoms with van der Waals surface area (Å²) < 4.78 is 39.6. The number of sulfonamides is 1. The van der Waals surface area contributed by atoms with Gasteiger partial charge in [-0.1, -0.05) is 35.5 Å². The number of benzene rings is 1. The molecule has 13 heteroatoms. The number of carbonyl (C=O) groups excluding carboxylic acids is 1. The van der Waals surface area contributed by atoms with Crippen LogP contribution in [0.15, 0.2) is 40.5 Å². The Kier molecular flexibility index (Phi) is 9.00. The van der Waals surface area contributed by atoms with Gasteiger partial charge in [0.15, 0.2) is 16.0 Å². The van der Waals surface area contributed by atoms with E-state index in [9.17, 15) is 17.6 Å². The largest absolute Gasteiger partial charge is 0.395 e. The Morgan fingerprint density at radius 2 is 2.03 bits per heavy atom. The molecule has 0 unspecified atom stereocenters. The van der Waals surface area contributed by atoms with Crippen LogP contribution in [-0.2, 0) is 19.7 Å². The van der Waals surface area contributed by atoms with E-state index >= 15 is 0 Å². The molecule has 0 saturated carbocycles. The minimum atomic E-state index is -3.83. The fraction of sp³-hybridized carbons (Fsp3) is 0.389. The summed E-state index contributed by atoms with van der Waals surface area (Å²) >= 11 is 0.623. The monoisotopic (exact) mass is 474 g/mol. The molecule has 1 heterocycles. The summed E-state index contributed by atoms with van der Waals surface area (Å²) in [6.07, 6.45) is 0.254. The molecule has 2 rings (SSSR count). The van der Waals surface area contributed by atoms with Gasteiger partial charge in [0.05, 0.1) is 24.3 Å². The first-order chi connectivity index (χ1) is 14.7. The molecule has 1 atom stereocenters. The maximum Gasteiger partial charge on any atom is 0.280 e. The van der Waals surface area contributed by atoms with Gasteiger partial charge in [-0.3, -0.25) is 10.1 Å². The van der Waals surface area contributed by atoms with Crippen molar-refractivity contribution in [2.45, 2.75) is 24.8 Å². The van der Waals surface area contributed by atoms with E-state index < -0.39 is 27.2 Å². The lowest BCUT2D eigenvalue weighted by Gasteiger charge is -2.19. The number of aliphatic hydroxyl groups is 2. The van der Waals surface area contributed by atoms with Crippen LogP contribution in [0.3, 0.4) is 0 Å². The van der Waals surface area contributed by atoms with Crippen LogP contribution >= 0.6 is 11.3 Å². The molecule has 1 aromatic heterocycles. The van der Waals surface area contributed by atoms with Crippen LogP contribution in [0.5, 0.6) is 0 Å². The lowest BCUT2D eigenvalue weighted by atomic mass is 10.1. The number of aromatic nitrogens is 1. The number of rotatable bonds is 11. The zero-order valence-corrected chi connectivity index (χ0v) is 18.5. The lowest BCUT2D eigenvalue weighted by molar-refractivity contribution is -0.110. The fourth-order valence-corrected chi connectivity index (χ4v) is 4.34. The summed E-state index contributed by atoms with van der Waals surface area (Å²) in [4.78, 5) is 21.4. The average molecular weight is 475 g/mol. The van der Waals surface area contributed by atoms with Crippen molar-refractivity contribution < 1.29 is 32.7 Å². The van der Waals surface area contributed by atoms with Crippen LogP contribution in [0.4, 0.5) is 9.52 Å². The Morgan fingerprint density at radius 3 is 2.55 bits per heavy atom. The highest BCUT2D eigenvalue weighted by atomic mass is 32.2. The van der Waals surface area contributed by atoms with Crippen molar-refractivity contribution in [1.82, 2.24) is 9.29 Å². The van der Waals surface area contributed by atoms with Crippen LogP contribution < -0.4 is 5.32 Å². The average Bonchev–Trinajstić information content (AvgIpc) is 3.16. The number of amides is 1. The Morgan fingerprint density at radius 1 is 1.35 bits per heavy atom. The molecule has 2 aromatic rings. The zero-order valence-electron chi connectivity index (χ0n) is 16.9. The number of anilines is 1. The van der Waals surface area contributed by atoms with E-state index in [1.165, 1.54) is 31.2 Å². The van der Waals surface area contributed by atoms with E-state index in [2.05, 4.69) is 15.5 Å². The third-order valence-corrected chi connectivity index (χ3v) is 6.65. The third-order valence-electron chi connectivity index (χ3n) is 3.96. The predicted molar refractivity (Wildman–Crippen MR) is 113 cm³/mol. The van der Waals surface area contributed by atoms with Crippen molar-refractivity contribution in [3.8, 4) is 0 Å². The molecule has 0 saturated heterocycles. The first-order valence-corrected chi connectivity index (χ1v) is 11.5. The molecule has 0 aliphatic heterocycles. The van der Waals surface area contributed by atoms with Gasteiger partial charge in [0, 0.05) is 18.7 Å². The summed E-state index contributed by atoms with van der Waals surface area (Å²) in [5.41, 5.74) is 0.00591. The van der Waals surface area contributed by atoms with Crippen LogP contribution in [0.2, 0.25) is 0 Å². The second kappa shape index (κ2) is 11.2.